The van der Waals surface area contributed by atoms with Gasteiger partial charge in [0.2, 0.25) is 10.2 Å². The van der Waals surface area contributed by atoms with Crippen molar-refractivity contribution < 1.29 is 42.1 Å². The number of carboxylic acid groups (broad SMARTS) is 1. The number of thioether (sulfide) groups is 1. The van der Waals surface area contributed by atoms with Crippen molar-refractivity contribution in [3.05, 3.63) is 155 Å². The number of amides is 1. The maximum Gasteiger partial charge on any atom is 0.327 e. The van der Waals surface area contributed by atoms with E-state index in [2.05, 4.69) is 31.3 Å². The smallest absolute Gasteiger partial charge is 0.327 e. The Morgan fingerprint density at radius 1 is 0.859 bits per heavy atom. The zero-order valence-corrected chi connectivity index (χ0v) is 37.0. The molecule has 0 radical (unpaired) electrons. The first-order valence-corrected chi connectivity index (χ1v) is 23.0. The third-order valence-corrected chi connectivity index (χ3v) is 13.7. The van der Waals surface area contributed by atoms with Gasteiger partial charge in [-0.1, -0.05) is 77.9 Å². The lowest BCUT2D eigenvalue weighted by Crippen LogP contribution is -2.47. The van der Waals surface area contributed by atoms with Crippen molar-refractivity contribution in [1.29, 1.82) is 0 Å². The number of thiazole rings is 1. The van der Waals surface area contributed by atoms with Gasteiger partial charge in [0.25, 0.3) is 10.0 Å². The number of benzene rings is 5. The van der Waals surface area contributed by atoms with E-state index >= 15 is 0 Å². The summed E-state index contributed by atoms with van der Waals surface area (Å²) in [5.74, 6) is 3.58. The molecule has 7 aromatic rings. The number of fused-ring (bicyclic) bond motifs is 1. The van der Waals surface area contributed by atoms with E-state index in [1.807, 2.05) is 72.8 Å². The monoisotopic (exact) mass is 918 g/mol. The van der Waals surface area contributed by atoms with Crippen LogP contribution in [0.1, 0.15) is 27.9 Å². The van der Waals surface area contributed by atoms with E-state index in [0.29, 0.717) is 61.4 Å². The number of rotatable bonds is 21. The first-order valence-electron chi connectivity index (χ1n) is 19.6. The second-order valence-electron chi connectivity index (χ2n) is 14.1. The summed E-state index contributed by atoms with van der Waals surface area (Å²) in [6.45, 7) is -0.149. The molecule has 0 bridgehead atoms. The number of carbonyl (C=O) groups is 2. The molecule has 7 rings (SSSR count). The minimum atomic E-state index is -4.31. The fourth-order valence-electron chi connectivity index (χ4n) is 6.73. The van der Waals surface area contributed by atoms with E-state index in [1.165, 1.54) is 22.6 Å². The number of carbonyl (C=O) groups excluding carboxylic acids is 1. The van der Waals surface area contributed by atoms with E-state index in [9.17, 15) is 23.1 Å². The standard InChI is InChI=1S/C46H42N6O9S3/c1-4-23-60-38-12-8-9-31(24-38)29-62-30-41(44(54)55)47-43(53)27-52-26-35(49-51-52)28-61-39-21-22-40-42(25-39)63-45(48-40)64(56,57)50-46(32-10-6-5-7-11-32,33-13-17-36(58-2)18-14-33)34-15-19-37(59-3)20-16-34/h1,5-22,24-26,41,50H,23,27-30H2,2-3H3,(H,47,53)(H,54,55). The van der Waals surface area contributed by atoms with Crippen LogP contribution >= 0.6 is 23.1 Å². The summed E-state index contributed by atoms with van der Waals surface area (Å²) in [5.41, 5.74) is 2.33. The summed E-state index contributed by atoms with van der Waals surface area (Å²) in [4.78, 5) is 29.3. The Labute approximate surface area is 377 Å². The molecule has 0 aliphatic carbocycles. The minimum Gasteiger partial charge on any atom is -0.497 e. The van der Waals surface area contributed by atoms with E-state index in [4.69, 9.17) is 25.4 Å². The van der Waals surface area contributed by atoms with Gasteiger partial charge in [-0.15, -0.1) is 22.9 Å². The van der Waals surface area contributed by atoms with Crippen LogP contribution in [0, 0.1) is 12.3 Å². The molecule has 0 spiro atoms. The maximum absolute atomic E-state index is 14.6. The molecule has 1 amide bonds. The number of sulfonamides is 1. The molecule has 0 fully saturated rings. The summed E-state index contributed by atoms with van der Waals surface area (Å²) >= 11 is 2.34. The predicted molar refractivity (Wildman–Crippen MR) is 243 cm³/mol. The third-order valence-electron chi connectivity index (χ3n) is 9.80. The van der Waals surface area contributed by atoms with Gasteiger partial charge in [0.05, 0.1) is 30.6 Å². The highest BCUT2D eigenvalue weighted by Crippen LogP contribution is 2.40. The lowest BCUT2D eigenvalue weighted by Gasteiger charge is -2.36. The van der Waals surface area contributed by atoms with Crippen molar-refractivity contribution in [3.63, 3.8) is 0 Å². The number of nitrogens with one attached hydrogen (secondary N) is 2. The van der Waals surface area contributed by atoms with Crippen molar-refractivity contribution in [2.24, 2.45) is 0 Å². The van der Waals surface area contributed by atoms with Crippen LogP contribution in [0.3, 0.4) is 0 Å². The number of ether oxygens (including phenoxy) is 4. The Morgan fingerprint density at radius 3 is 2.17 bits per heavy atom. The number of carboxylic acids is 1. The Hall–Kier alpha value is -6.91. The normalized spacial score (nSPS) is 12.0. The molecule has 64 heavy (non-hydrogen) atoms. The van der Waals surface area contributed by atoms with Crippen molar-refractivity contribution in [2.75, 3.05) is 26.6 Å². The quantitative estimate of drug-likeness (QED) is 0.0540. The Kier molecular flexibility index (Phi) is 14.5. The van der Waals surface area contributed by atoms with Crippen LogP contribution in [-0.4, -0.2) is 78.0 Å². The first kappa shape index (κ1) is 45.1. The summed E-state index contributed by atoms with van der Waals surface area (Å²) in [6.07, 6.45) is 6.78. The number of nitrogens with zero attached hydrogens (tertiary/aromatic N) is 4. The van der Waals surface area contributed by atoms with Crippen molar-refractivity contribution in [1.82, 2.24) is 30.0 Å². The summed E-state index contributed by atoms with van der Waals surface area (Å²) in [6, 6.07) is 35.0. The highest BCUT2D eigenvalue weighted by Gasteiger charge is 2.42. The average Bonchev–Trinajstić information content (AvgIpc) is 3.97. The number of hydrogen-bond acceptors (Lipinski definition) is 13. The van der Waals surface area contributed by atoms with Crippen molar-refractivity contribution in [3.8, 4) is 35.3 Å². The molecule has 0 saturated heterocycles. The minimum absolute atomic E-state index is 0.0225. The lowest BCUT2D eigenvalue weighted by atomic mass is 9.78. The van der Waals surface area contributed by atoms with Gasteiger partial charge >= 0.3 is 5.97 Å². The fraction of sp³-hybridized carbons (Fsp3) is 0.196. The molecule has 2 heterocycles. The van der Waals surface area contributed by atoms with Gasteiger partial charge in [-0.3, -0.25) is 4.79 Å². The Balaban J connectivity index is 1.02. The van der Waals surface area contributed by atoms with Crippen molar-refractivity contribution >= 4 is 55.2 Å². The molecular formula is C46H42N6O9S3. The fourth-order valence-corrected chi connectivity index (χ4v) is 10.3. The van der Waals surface area contributed by atoms with Gasteiger partial charge in [0.15, 0.2) is 0 Å². The largest absolute Gasteiger partial charge is 0.497 e. The van der Waals surface area contributed by atoms with E-state index < -0.39 is 33.5 Å². The topological polar surface area (TPSA) is 193 Å². The zero-order valence-electron chi connectivity index (χ0n) is 34.5. The molecule has 18 heteroatoms. The van der Waals surface area contributed by atoms with Crippen LogP contribution in [0.2, 0.25) is 0 Å². The predicted octanol–water partition coefficient (Wildman–Crippen LogP) is 6.27. The molecule has 1 unspecified atom stereocenters. The molecule has 1 atom stereocenters. The van der Waals surface area contributed by atoms with Gasteiger partial charge in [0.1, 0.15) is 60.0 Å². The van der Waals surface area contributed by atoms with Crippen LogP contribution < -0.4 is 29.0 Å². The lowest BCUT2D eigenvalue weighted by molar-refractivity contribution is -0.141. The molecule has 0 aliphatic heterocycles. The van der Waals surface area contributed by atoms with E-state index in [0.717, 1.165) is 16.9 Å². The number of aliphatic carboxylic acids is 1. The summed E-state index contributed by atoms with van der Waals surface area (Å²) < 4.78 is 56.1. The molecule has 3 N–H and O–H groups in total. The molecule has 15 nitrogen and oxygen atoms in total. The SMILES string of the molecule is C#CCOc1cccc(CSCC(NC(=O)Cn2cc(COc3ccc4nc(S(=O)(=O)NC(c5ccccc5)(c5ccc(OC)cc5)c5ccc(OC)cc5)sc4c3)nn2)C(=O)O)c1. The van der Waals surface area contributed by atoms with Crippen LogP contribution in [-0.2, 0) is 44.1 Å². The van der Waals surface area contributed by atoms with Crippen LogP contribution in [0.15, 0.2) is 132 Å². The molecule has 328 valence electrons. The second-order valence-corrected chi connectivity index (χ2v) is 18.0. The Morgan fingerprint density at radius 2 is 1.52 bits per heavy atom. The molecule has 0 aliphatic rings. The highest BCUT2D eigenvalue weighted by atomic mass is 32.2. The number of methoxy groups -OCH3 is 2. The molecular weight excluding hydrogens is 877 g/mol. The highest BCUT2D eigenvalue weighted by molar-refractivity contribution is 7.98. The zero-order chi connectivity index (χ0) is 45.1. The van der Waals surface area contributed by atoms with Gasteiger partial charge in [-0.25, -0.2) is 22.9 Å². The number of terminal acetylenes is 1. The summed E-state index contributed by atoms with van der Waals surface area (Å²) in [5, 5.41) is 20.4. The molecule has 0 saturated carbocycles. The molecule has 2 aromatic heterocycles. The van der Waals surface area contributed by atoms with Gasteiger partial charge < -0.3 is 29.4 Å². The summed E-state index contributed by atoms with van der Waals surface area (Å²) in [7, 11) is -1.18. The van der Waals surface area contributed by atoms with Crippen molar-refractivity contribution in [2.45, 2.75) is 34.8 Å². The maximum atomic E-state index is 14.6. The Bertz CT molecular complexity index is 2820. The number of hydrogen-bond donors (Lipinski definition) is 3. The van der Waals surface area contributed by atoms with Gasteiger partial charge in [-0.05, 0) is 76.9 Å². The third kappa shape index (κ3) is 10.8. The van der Waals surface area contributed by atoms with Crippen LogP contribution in [0.4, 0.5) is 0 Å². The second kappa shape index (κ2) is 20.5. The van der Waals surface area contributed by atoms with E-state index in [1.54, 1.807) is 62.8 Å². The average molecular weight is 919 g/mol. The van der Waals surface area contributed by atoms with Crippen LogP contribution in [0.5, 0.6) is 23.0 Å². The first-order chi connectivity index (χ1) is 31.0. The van der Waals surface area contributed by atoms with Crippen LogP contribution in [0.25, 0.3) is 10.2 Å². The van der Waals surface area contributed by atoms with Gasteiger partial charge in [0, 0.05) is 11.5 Å². The van der Waals surface area contributed by atoms with E-state index in [-0.39, 0.29) is 29.9 Å². The van der Waals surface area contributed by atoms with Gasteiger partial charge in [-0.2, -0.15) is 16.5 Å². The molecule has 5 aromatic carbocycles. The number of aromatic nitrogens is 4.